The first-order valence-electron chi connectivity index (χ1n) is 8.42. The van der Waals surface area contributed by atoms with Crippen molar-refractivity contribution in [2.24, 2.45) is 0 Å². The van der Waals surface area contributed by atoms with Gasteiger partial charge >= 0.3 is 0 Å². The van der Waals surface area contributed by atoms with E-state index >= 15 is 0 Å². The van der Waals surface area contributed by atoms with Crippen LogP contribution in [0.15, 0.2) is 36.4 Å². The zero-order chi connectivity index (χ0) is 15.6. The minimum Gasteiger partial charge on any atom is -0.464 e. The summed E-state index contributed by atoms with van der Waals surface area (Å²) in [6.45, 7) is 7.66. The first-order chi connectivity index (χ1) is 10.6. The zero-order valence-corrected chi connectivity index (χ0v) is 13.9. The molecule has 1 aliphatic rings. The number of hydrogen-bond donors (Lipinski definition) is 0. The normalized spacial score (nSPS) is 19.3. The fourth-order valence-electron chi connectivity index (χ4n) is 3.10. The Morgan fingerprint density at radius 2 is 1.86 bits per heavy atom. The molecule has 1 fully saturated rings. The number of hydrogen-bond acceptors (Lipinski definition) is 2. The van der Waals surface area contributed by atoms with Crippen molar-refractivity contribution in [2.45, 2.75) is 58.2 Å². The molecule has 118 valence electrons. The van der Waals surface area contributed by atoms with E-state index < -0.39 is 0 Å². The van der Waals surface area contributed by atoms with E-state index in [-0.39, 0.29) is 11.7 Å². The molecular weight excluding hydrogens is 272 g/mol. The number of benzene rings is 2. The lowest BCUT2D eigenvalue weighted by atomic mass is 9.79. The number of fused-ring (bicyclic) bond motifs is 1. The monoisotopic (exact) mass is 298 g/mol. The molecule has 1 heterocycles. The third-order valence-electron chi connectivity index (χ3n) is 4.89. The Labute approximate surface area is 133 Å². The Bertz CT molecular complexity index is 639. The molecule has 1 aliphatic heterocycles. The van der Waals surface area contributed by atoms with Gasteiger partial charge in [0.25, 0.3) is 0 Å². The lowest BCUT2D eigenvalue weighted by Crippen LogP contribution is -2.25. The molecule has 0 aromatic heterocycles. The molecule has 0 aliphatic carbocycles. The molecule has 2 nitrogen and oxygen atoms in total. The molecule has 0 amide bonds. The van der Waals surface area contributed by atoms with E-state index in [1.54, 1.807) is 0 Å². The Hall–Kier alpha value is -1.54. The van der Waals surface area contributed by atoms with Gasteiger partial charge < -0.3 is 9.47 Å². The summed E-state index contributed by atoms with van der Waals surface area (Å²) >= 11 is 0. The van der Waals surface area contributed by atoms with Crippen LogP contribution in [0.2, 0.25) is 0 Å². The average molecular weight is 298 g/mol. The molecule has 0 spiro atoms. The van der Waals surface area contributed by atoms with Crippen LogP contribution in [0.25, 0.3) is 10.8 Å². The smallest absolute Gasteiger partial charge is 0.199 e. The van der Waals surface area contributed by atoms with Gasteiger partial charge in [0.05, 0.1) is 6.61 Å². The Kier molecular flexibility index (Phi) is 4.39. The van der Waals surface area contributed by atoms with Gasteiger partial charge in [-0.3, -0.25) is 0 Å². The third kappa shape index (κ3) is 2.98. The van der Waals surface area contributed by atoms with E-state index in [2.05, 4.69) is 57.2 Å². The molecule has 0 N–H and O–H groups in total. The molecule has 0 radical (unpaired) electrons. The average Bonchev–Trinajstić information content (AvgIpc) is 2.56. The molecule has 22 heavy (non-hydrogen) atoms. The summed E-state index contributed by atoms with van der Waals surface area (Å²) in [6, 6.07) is 12.9. The van der Waals surface area contributed by atoms with E-state index in [1.807, 2.05) is 0 Å². The van der Waals surface area contributed by atoms with Crippen LogP contribution in [-0.2, 0) is 10.2 Å². The van der Waals surface area contributed by atoms with Gasteiger partial charge in [-0.2, -0.15) is 0 Å². The van der Waals surface area contributed by atoms with E-state index in [0.29, 0.717) is 0 Å². The van der Waals surface area contributed by atoms with Crippen molar-refractivity contribution < 1.29 is 9.47 Å². The Morgan fingerprint density at radius 3 is 2.55 bits per heavy atom. The van der Waals surface area contributed by atoms with Gasteiger partial charge in [-0.05, 0) is 41.7 Å². The molecule has 2 aromatic carbocycles. The van der Waals surface area contributed by atoms with Crippen molar-refractivity contribution in [1.29, 1.82) is 0 Å². The number of ether oxygens (including phenoxy) is 2. The van der Waals surface area contributed by atoms with Crippen molar-refractivity contribution in [3.05, 3.63) is 42.0 Å². The first kappa shape index (κ1) is 15.4. The maximum atomic E-state index is 6.15. The summed E-state index contributed by atoms with van der Waals surface area (Å²) in [4.78, 5) is 0. The van der Waals surface area contributed by atoms with E-state index in [4.69, 9.17) is 9.47 Å². The fourth-order valence-corrected chi connectivity index (χ4v) is 3.10. The molecule has 2 heteroatoms. The predicted octanol–water partition coefficient (Wildman–Crippen LogP) is 5.43. The topological polar surface area (TPSA) is 18.5 Å². The Balaban J connectivity index is 2.00. The minimum atomic E-state index is -0.0952. The van der Waals surface area contributed by atoms with Gasteiger partial charge in [0.2, 0.25) is 0 Å². The van der Waals surface area contributed by atoms with Gasteiger partial charge in [0.1, 0.15) is 5.75 Å². The third-order valence-corrected chi connectivity index (χ3v) is 4.89. The van der Waals surface area contributed by atoms with Crippen molar-refractivity contribution in [3.8, 4) is 5.75 Å². The fraction of sp³-hybridized carbons (Fsp3) is 0.500. The minimum absolute atomic E-state index is 0.0952. The zero-order valence-electron chi connectivity index (χ0n) is 13.9. The van der Waals surface area contributed by atoms with Crippen LogP contribution in [0.1, 0.15) is 52.0 Å². The second-order valence-electron chi connectivity index (χ2n) is 6.81. The molecule has 0 saturated carbocycles. The highest BCUT2D eigenvalue weighted by atomic mass is 16.7. The van der Waals surface area contributed by atoms with Crippen molar-refractivity contribution >= 4 is 10.8 Å². The molecule has 0 bridgehead atoms. The van der Waals surface area contributed by atoms with E-state index in [1.165, 1.54) is 22.8 Å². The quantitative estimate of drug-likeness (QED) is 0.749. The number of rotatable bonds is 4. The molecular formula is C20H26O2. The van der Waals surface area contributed by atoms with Crippen LogP contribution in [0.3, 0.4) is 0 Å². The van der Waals surface area contributed by atoms with Crippen LogP contribution in [0, 0.1) is 0 Å². The second kappa shape index (κ2) is 6.29. The largest absolute Gasteiger partial charge is 0.464 e. The molecule has 1 unspecified atom stereocenters. The second-order valence-corrected chi connectivity index (χ2v) is 6.81. The lowest BCUT2D eigenvalue weighted by Gasteiger charge is -2.28. The molecule has 1 saturated heterocycles. The Morgan fingerprint density at radius 1 is 1.09 bits per heavy atom. The van der Waals surface area contributed by atoms with Crippen molar-refractivity contribution in [2.75, 3.05) is 6.61 Å². The van der Waals surface area contributed by atoms with E-state index in [0.717, 1.165) is 31.6 Å². The van der Waals surface area contributed by atoms with Crippen molar-refractivity contribution in [1.82, 2.24) is 0 Å². The van der Waals surface area contributed by atoms with Crippen LogP contribution in [-0.4, -0.2) is 12.9 Å². The molecule has 3 rings (SSSR count). The SMILES string of the molecule is CCC(C)(C)c1ccc(OC2CCCCO2)c2ccccc12. The standard InChI is InChI=1S/C20H26O2/c1-4-20(2,3)17-12-13-18(16-10-6-5-9-15(16)17)22-19-11-7-8-14-21-19/h5-6,9-10,12-13,19H,4,7-8,11,14H2,1-3H3. The summed E-state index contributed by atoms with van der Waals surface area (Å²) in [7, 11) is 0. The predicted molar refractivity (Wildman–Crippen MR) is 91.5 cm³/mol. The van der Waals surface area contributed by atoms with Crippen LogP contribution in [0.4, 0.5) is 0 Å². The molecule has 2 aromatic rings. The summed E-state index contributed by atoms with van der Waals surface area (Å²) in [5, 5.41) is 2.48. The molecule has 1 atom stereocenters. The lowest BCUT2D eigenvalue weighted by molar-refractivity contribution is -0.105. The van der Waals surface area contributed by atoms with Gasteiger partial charge in [-0.15, -0.1) is 0 Å². The summed E-state index contributed by atoms with van der Waals surface area (Å²) in [5.74, 6) is 0.943. The maximum Gasteiger partial charge on any atom is 0.199 e. The summed E-state index contributed by atoms with van der Waals surface area (Å²) in [6.07, 6.45) is 4.33. The van der Waals surface area contributed by atoms with Gasteiger partial charge in [0, 0.05) is 11.8 Å². The summed E-state index contributed by atoms with van der Waals surface area (Å²) in [5.41, 5.74) is 1.56. The van der Waals surface area contributed by atoms with Crippen molar-refractivity contribution in [3.63, 3.8) is 0 Å². The van der Waals surface area contributed by atoms with Gasteiger partial charge in [0.15, 0.2) is 6.29 Å². The highest BCUT2D eigenvalue weighted by molar-refractivity contribution is 5.91. The highest BCUT2D eigenvalue weighted by Gasteiger charge is 2.23. The summed E-state index contributed by atoms with van der Waals surface area (Å²) < 4.78 is 11.9. The highest BCUT2D eigenvalue weighted by Crippen LogP contribution is 2.37. The maximum absolute atomic E-state index is 6.15. The van der Waals surface area contributed by atoms with Gasteiger partial charge in [-0.1, -0.05) is 51.1 Å². The first-order valence-corrected chi connectivity index (χ1v) is 8.42. The van der Waals surface area contributed by atoms with Crippen LogP contribution < -0.4 is 4.74 Å². The van der Waals surface area contributed by atoms with Gasteiger partial charge in [-0.25, -0.2) is 0 Å². The van der Waals surface area contributed by atoms with Crippen LogP contribution >= 0.6 is 0 Å². The van der Waals surface area contributed by atoms with Crippen LogP contribution in [0.5, 0.6) is 5.75 Å². The van der Waals surface area contributed by atoms with E-state index in [9.17, 15) is 0 Å².